The molecule has 0 atom stereocenters. The number of fused-ring (bicyclic) bond motifs is 1. The number of aryl methyl sites for hydroxylation is 2. The fourth-order valence-electron chi connectivity index (χ4n) is 3.33. The van der Waals surface area contributed by atoms with Gasteiger partial charge in [0.05, 0.1) is 5.56 Å². The molecule has 0 aliphatic rings. The van der Waals surface area contributed by atoms with E-state index in [-0.39, 0.29) is 0 Å². The predicted octanol–water partition coefficient (Wildman–Crippen LogP) is 3.72. The summed E-state index contributed by atoms with van der Waals surface area (Å²) in [4.78, 5) is 13.7. The van der Waals surface area contributed by atoms with Gasteiger partial charge in [0.1, 0.15) is 40.1 Å². The van der Waals surface area contributed by atoms with E-state index in [0.29, 0.717) is 34.5 Å². The third kappa shape index (κ3) is 4.11. The minimum Gasteiger partial charge on any atom is -0.487 e. The molecule has 0 bridgehead atoms. The van der Waals surface area contributed by atoms with Crippen molar-refractivity contribution in [2.45, 2.75) is 26.4 Å². The summed E-state index contributed by atoms with van der Waals surface area (Å²) < 4.78 is 9.74. The molecule has 0 unspecified atom stereocenters. The van der Waals surface area contributed by atoms with Crippen LogP contribution in [0.1, 0.15) is 26.3 Å². The molecular weight excluding hydrogens is 406 g/mol. The van der Waals surface area contributed by atoms with Gasteiger partial charge in [-0.05, 0) is 26.8 Å². The zero-order valence-electron chi connectivity index (χ0n) is 19.1. The Morgan fingerprint density at radius 2 is 1.94 bits per heavy atom. The van der Waals surface area contributed by atoms with Crippen molar-refractivity contribution in [3.63, 3.8) is 0 Å². The quantitative estimate of drug-likeness (QED) is 0.397. The molecule has 0 fully saturated rings. The zero-order valence-corrected chi connectivity index (χ0v) is 19.1. The molecule has 4 rings (SSSR count). The molecule has 0 spiro atoms. The lowest BCUT2D eigenvalue weighted by Gasteiger charge is -2.24. The van der Waals surface area contributed by atoms with Gasteiger partial charge in [-0.15, -0.1) is 0 Å². The van der Waals surface area contributed by atoms with Crippen molar-refractivity contribution in [1.82, 2.24) is 29.3 Å². The summed E-state index contributed by atoms with van der Waals surface area (Å²) in [7, 11) is 5.55. The lowest BCUT2D eigenvalue weighted by Crippen LogP contribution is -2.24. The molecule has 4 aromatic rings. The van der Waals surface area contributed by atoms with E-state index in [1.54, 1.807) is 24.0 Å². The van der Waals surface area contributed by atoms with Crippen LogP contribution in [0.15, 0.2) is 30.6 Å². The van der Waals surface area contributed by atoms with E-state index in [9.17, 15) is 0 Å². The number of nitrogens with zero attached hydrogens (tertiary/aromatic N) is 6. The van der Waals surface area contributed by atoms with E-state index >= 15 is 0 Å². The molecule has 0 amide bonds. The summed E-state index contributed by atoms with van der Waals surface area (Å²) in [6.07, 6.45) is 4.99. The highest BCUT2D eigenvalue weighted by Crippen LogP contribution is 2.31. The predicted molar refractivity (Wildman–Crippen MR) is 126 cm³/mol. The van der Waals surface area contributed by atoms with Crippen molar-refractivity contribution in [1.29, 1.82) is 5.41 Å². The minimum atomic E-state index is -0.423. The maximum atomic E-state index is 7.79. The molecule has 0 radical (unpaired) electrons. The largest absolute Gasteiger partial charge is 0.487 e. The Hall–Kier alpha value is -3.95. The van der Waals surface area contributed by atoms with Gasteiger partial charge in [0.2, 0.25) is 0 Å². The van der Waals surface area contributed by atoms with Gasteiger partial charge >= 0.3 is 0 Å². The molecule has 0 saturated carbocycles. The normalized spacial score (nSPS) is 11.6. The zero-order chi connectivity index (χ0) is 23.0. The lowest BCUT2D eigenvalue weighted by atomic mass is 10.1. The molecule has 3 N–H and O–H groups in total. The summed E-state index contributed by atoms with van der Waals surface area (Å²) in [6.45, 7) is 5.89. The van der Waals surface area contributed by atoms with Crippen molar-refractivity contribution >= 4 is 34.7 Å². The molecule has 0 aliphatic heterocycles. The Labute approximate surface area is 186 Å². The number of hydrogen-bond donors (Lipinski definition) is 3. The molecular formula is C22H27N9O. The molecule has 0 aliphatic carbocycles. The first-order chi connectivity index (χ1) is 15.2. The third-order valence-electron chi connectivity index (χ3n) is 4.79. The molecule has 0 aromatic carbocycles. The van der Waals surface area contributed by atoms with E-state index in [1.807, 2.05) is 57.8 Å². The Balaban J connectivity index is 1.69. The Bertz CT molecular complexity index is 1300. The Kier molecular flexibility index (Phi) is 5.29. The van der Waals surface area contributed by atoms with Crippen LogP contribution in [-0.4, -0.2) is 48.2 Å². The van der Waals surface area contributed by atoms with Crippen molar-refractivity contribution in [3.8, 4) is 17.3 Å². The van der Waals surface area contributed by atoms with Crippen LogP contribution in [0.25, 0.3) is 22.6 Å². The second-order valence-corrected chi connectivity index (χ2v) is 8.44. The monoisotopic (exact) mass is 433 g/mol. The van der Waals surface area contributed by atoms with Crippen LogP contribution in [0, 0.1) is 5.41 Å². The standard InChI is InChI=1S/C22H27N9O/c1-22(2,3)32-16-10-17(27-19(24-4)14(16)11-23)26-18-9-15(29-31(18)6)20-25-12-13-7-8-30(5)21(13)28-20/h7-12,23H,1-6H3,(H2,24,26,27). The maximum absolute atomic E-state index is 7.79. The summed E-state index contributed by atoms with van der Waals surface area (Å²) in [5.41, 5.74) is 1.66. The first-order valence-electron chi connectivity index (χ1n) is 10.2. The lowest BCUT2D eigenvalue weighted by molar-refractivity contribution is 0.131. The van der Waals surface area contributed by atoms with Crippen molar-refractivity contribution in [2.24, 2.45) is 14.1 Å². The van der Waals surface area contributed by atoms with Crippen LogP contribution in [-0.2, 0) is 14.1 Å². The maximum Gasteiger partial charge on any atom is 0.182 e. The van der Waals surface area contributed by atoms with Gasteiger partial charge in [-0.3, -0.25) is 4.68 Å². The van der Waals surface area contributed by atoms with Gasteiger partial charge in [0.15, 0.2) is 5.82 Å². The molecule has 166 valence electrons. The summed E-state index contributed by atoms with van der Waals surface area (Å²) in [5.74, 6) is 2.93. The molecule has 10 heteroatoms. The molecule has 10 nitrogen and oxygen atoms in total. The third-order valence-corrected chi connectivity index (χ3v) is 4.79. The van der Waals surface area contributed by atoms with Gasteiger partial charge in [0, 0.05) is 57.3 Å². The second-order valence-electron chi connectivity index (χ2n) is 8.44. The van der Waals surface area contributed by atoms with Crippen molar-refractivity contribution in [2.75, 3.05) is 17.7 Å². The van der Waals surface area contributed by atoms with Crippen LogP contribution >= 0.6 is 0 Å². The van der Waals surface area contributed by atoms with Crippen LogP contribution in [0.3, 0.4) is 0 Å². The number of hydrogen-bond acceptors (Lipinski definition) is 8. The Morgan fingerprint density at radius 1 is 1.16 bits per heavy atom. The van der Waals surface area contributed by atoms with Gasteiger partial charge in [-0.1, -0.05) is 0 Å². The fourth-order valence-corrected chi connectivity index (χ4v) is 3.33. The van der Waals surface area contributed by atoms with Crippen LogP contribution in [0.5, 0.6) is 5.75 Å². The van der Waals surface area contributed by atoms with Gasteiger partial charge in [-0.2, -0.15) is 5.10 Å². The smallest absolute Gasteiger partial charge is 0.182 e. The number of anilines is 3. The van der Waals surface area contributed by atoms with E-state index in [0.717, 1.165) is 16.9 Å². The minimum absolute atomic E-state index is 0.423. The molecule has 4 aromatic heterocycles. The first-order valence-corrected chi connectivity index (χ1v) is 10.2. The highest BCUT2D eigenvalue weighted by molar-refractivity contribution is 5.89. The average molecular weight is 434 g/mol. The van der Waals surface area contributed by atoms with E-state index in [4.69, 9.17) is 10.1 Å². The van der Waals surface area contributed by atoms with Crippen LogP contribution in [0.2, 0.25) is 0 Å². The Morgan fingerprint density at radius 3 is 2.62 bits per heavy atom. The second kappa shape index (κ2) is 7.95. The van der Waals surface area contributed by atoms with Crippen molar-refractivity contribution in [3.05, 3.63) is 36.2 Å². The molecule has 4 heterocycles. The van der Waals surface area contributed by atoms with Crippen LogP contribution in [0.4, 0.5) is 17.5 Å². The fraction of sp³-hybridized carbons (Fsp3) is 0.318. The molecule has 32 heavy (non-hydrogen) atoms. The van der Waals surface area contributed by atoms with E-state index < -0.39 is 5.60 Å². The highest BCUT2D eigenvalue weighted by atomic mass is 16.5. The van der Waals surface area contributed by atoms with Crippen LogP contribution < -0.4 is 15.4 Å². The summed E-state index contributed by atoms with van der Waals surface area (Å²) >= 11 is 0. The topological polar surface area (TPSA) is 119 Å². The van der Waals surface area contributed by atoms with Crippen molar-refractivity contribution < 1.29 is 4.74 Å². The molecule has 0 saturated heterocycles. The number of nitrogens with one attached hydrogen (secondary N) is 3. The summed E-state index contributed by atoms with van der Waals surface area (Å²) in [5, 5.41) is 19.7. The first kappa shape index (κ1) is 21.3. The number of rotatable bonds is 6. The number of pyridine rings is 1. The summed E-state index contributed by atoms with van der Waals surface area (Å²) in [6, 6.07) is 5.63. The average Bonchev–Trinajstić information content (AvgIpc) is 3.29. The SMILES string of the molecule is CNc1nc(Nc2cc(-c3ncc4ccn(C)c4n3)nn2C)cc(OC(C)(C)C)c1C=N. The highest BCUT2D eigenvalue weighted by Gasteiger charge is 2.19. The van der Waals surface area contributed by atoms with Gasteiger partial charge in [0.25, 0.3) is 0 Å². The van der Waals surface area contributed by atoms with Gasteiger partial charge in [-0.25, -0.2) is 15.0 Å². The van der Waals surface area contributed by atoms with Gasteiger partial charge < -0.3 is 25.3 Å². The number of ether oxygens (including phenoxy) is 1. The van der Waals surface area contributed by atoms with E-state index in [1.165, 1.54) is 6.21 Å². The number of aromatic nitrogens is 6. The van der Waals surface area contributed by atoms with E-state index in [2.05, 4.69) is 30.7 Å².